The third-order valence-corrected chi connectivity index (χ3v) is 4.87. The summed E-state index contributed by atoms with van der Waals surface area (Å²) in [6, 6.07) is 5.29. The molecule has 2 heterocycles. The molecule has 26 heavy (non-hydrogen) atoms. The standard InChI is InChI=1S/C19H26N4O3/c1-2-20-8-3-9-21-11-13-4-5-15-14(10-13)12-23(19(15)26)16-6-7-17(24)22-18(16)25/h4-5,10,16,20-21H,2-3,6-9,11-12H2,1H3,(H,22,24,25). The Morgan fingerprint density at radius 3 is 2.77 bits per heavy atom. The molecule has 1 fully saturated rings. The molecule has 3 N–H and O–H groups in total. The molecular weight excluding hydrogens is 332 g/mol. The van der Waals surface area contributed by atoms with Gasteiger partial charge in [0.25, 0.3) is 5.91 Å². The monoisotopic (exact) mass is 358 g/mol. The van der Waals surface area contributed by atoms with E-state index in [-0.39, 0.29) is 24.1 Å². The normalized spacial score (nSPS) is 19.7. The van der Waals surface area contributed by atoms with E-state index in [1.165, 1.54) is 0 Å². The van der Waals surface area contributed by atoms with Gasteiger partial charge in [-0.05, 0) is 49.7 Å². The highest BCUT2D eigenvalue weighted by atomic mass is 16.2. The Balaban J connectivity index is 1.58. The van der Waals surface area contributed by atoms with E-state index >= 15 is 0 Å². The molecule has 1 unspecified atom stereocenters. The van der Waals surface area contributed by atoms with Crippen molar-refractivity contribution in [2.45, 2.75) is 45.3 Å². The van der Waals surface area contributed by atoms with Crippen molar-refractivity contribution in [2.75, 3.05) is 19.6 Å². The maximum Gasteiger partial charge on any atom is 0.255 e. The smallest absolute Gasteiger partial charge is 0.255 e. The van der Waals surface area contributed by atoms with Gasteiger partial charge in [-0.25, -0.2) is 0 Å². The lowest BCUT2D eigenvalue weighted by molar-refractivity contribution is -0.136. The fourth-order valence-electron chi connectivity index (χ4n) is 3.49. The van der Waals surface area contributed by atoms with Crippen molar-refractivity contribution in [3.63, 3.8) is 0 Å². The summed E-state index contributed by atoms with van der Waals surface area (Å²) in [4.78, 5) is 37.6. The summed E-state index contributed by atoms with van der Waals surface area (Å²) < 4.78 is 0. The lowest BCUT2D eigenvalue weighted by Gasteiger charge is -2.29. The van der Waals surface area contributed by atoms with Gasteiger partial charge in [0, 0.05) is 25.1 Å². The largest absolute Gasteiger partial charge is 0.322 e. The van der Waals surface area contributed by atoms with Crippen molar-refractivity contribution < 1.29 is 14.4 Å². The Morgan fingerprint density at radius 2 is 2.00 bits per heavy atom. The third-order valence-electron chi connectivity index (χ3n) is 4.87. The number of piperidine rings is 1. The van der Waals surface area contributed by atoms with Gasteiger partial charge in [0.2, 0.25) is 11.8 Å². The van der Waals surface area contributed by atoms with Crippen LogP contribution < -0.4 is 16.0 Å². The second-order valence-electron chi connectivity index (χ2n) is 6.78. The minimum absolute atomic E-state index is 0.125. The van der Waals surface area contributed by atoms with Crippen LogP contribution in [0.1, 0.15) is 47.7 Å². The molecule has 140 valence electrons. The minimum Gasteiger partial charge on any atom is -0.322 e. The van der Waals surface area contributed by atoms with Crippen LogP contribution in [0.3, 0.4) is 0 Å². The summed E-state index contributed by atoms with van der Waals surface area (Å²) in [6.07, 6.45) is 1.74. The van der Waals surface area contributed by atoms with Gasteiger partial charge in [-0.3, -0.25) is 19.7 Å². The van der Waals surface area contributed by atoms with E-state index in [4.69, 9.17) is 0 Å². The van der Waals surface area contributed by atoms with E-state index in [1.807, 2.05) is 18.2 Å². The Bertz CT molecular complexity index is 704. The van der Waals surface area contributed by atoms with Crippen LogP contribution in [-0.2, 0) is 22.7 Å². The number of imide groups is 1. The highest BCUT2D eigenvalue weighted by Gasteiger charge is 2.38. The van der Waals surface area contributed by atoms with E-state index in [1.54, 1.807) is 4.90 Å². The third kappa shape index (κ3) is 4.11. The molecule has 1 atom stereocenters. The molecule has 1 aromatic carbocycles. The molecule has 7 heteroatoms. The molecule has 7 nitrogen and oxygen atoms in total. The molecule has 0 radical (unpaired) electrons. The molecule has 3 rings (SSSR count). The van der Waals surface area contributed by atoms with E-state index < -0.39 is 6.04 Å². The Labute approximate surface area is 153 Å². The number of carbonyl (C=O) groups is 3. The molecule has 2 aliphatic heterocycles. The van der Waals surface area contributed by atoms with Crippen molar-refractivity contribution in [3.05, 3.63) is 34.9 Å². The van der Waals surface area contributed by atoms with Crippen molar-refractivity contribution in [3.8, 4) is 0 Å². The van der Waals surface area contributed by atoms with Gasteiger partial charge in [0.05, 0.1) is 0 Å². The first-order chi connectivity index (χ1) is 12.6. The predicted molar refractivity (Wildman–Crippen MR) is 97.4 cm³/mol. The maximum atomic E-state index is 12.6. The topological polar surface area (TPSA) is 90.5 Å². The van der Waals surface area contributed by atoms with Gasteiger partial charge in [-0.2, -0.15) is 0 Å². The van der Waals surface area contributed by atoms with Crippen LogP contribution in [0.15, 0.2) is 18.2 Å². The van der Waals surface area contributed by atoms with Crippen LogP contribution >= 0.6 is 0 Å². The van der Waals surface area contributed by atoms with Crippen molar-refractivity contribution in [2.24, 2.45) is 0 Å². The number of rotatable bonds is 8. The zero-order valence-electron chi connectivity index (χ0n) is 15.1. The SMILES string of the molecule is CCNCCCNCc1ccc2c(c1)CN(C1CCC(=O)NC1=O)C2=O. The molecule has 0 spiro atoms. The molecule has 0 saturated carbocycles. The molecule has 0 aromatic heterocycles. The van der Waals surface area contributed by atoms with E-state index in [9.17, 15) is 14.4 Å². The van der Waals surface area contributed by atoms with Crippen LogP contribution in [0.4, 0.5) is 0 Å². The highest BCUT2D eigenvalue weighted by molar-refractivity contribution is 6.05. The van der Waals surface area contributed by atoms with E-state index in [2.05, 4.69) is 22.9 Å². The quantitative estimate of drug-likeness (QED) is 0.466. The first-order valence-corrected chi connectivity index (χ1v) is 9.28. The first-order valence-electron chi connectivity index (χ1n) is 9.28. The Morgan fingerprint density at radius 1 is 1.19 bits per heavy atom. The number of benzene rings is 1. The second-order valence-corrected chi connectivity index (χ2v) is 6.78. The molecule has 3 amide bonds. The van der Waals surface area contributed by atoms with Crippen molar-refractivity contribution >= 4 is 17.7 Å². The van der Waals surface area contributed by atoms with Gasteiger partial charge in [-0.1, -0.05) is 19.1 Å². The lowest BCUT2D eigenvalue weighted by atomic mass is 10.0. The molecule has 0 aliphatic carbocycles. The lowest BCUT2D eigenvalue weighted by Crippen LogP contribution is -2.52. The van der Waals surface area contributed by atoms with Gasteiger partial charge in [0.1, 0.15) is 6.04 Å². The van der Waals surface area contributed by atoms with Crippen molar-refractivity contribution in [1.29, 1.82) is 0 Å². The average molecular weight is 358 g/mol. The Kier molecular flexibility index (Phi) is 6.00. The summed E-state index contributed by atoms with van der Waals surface area (Å²) in [5.74, 6) is -0.762. The van der Waals surface area contributed by atoms with Crippen molar-refractivity contribution in [1.82, 2.24) is 20.9 Å². The summed E-state index contributed by atoms with van der Waals surface area (Å²) in [5.41, 5.74) is 2.74. The molecular formula is C19H26N4O3. The van der Waals surface area contributed by atoms with Gasteiger partial charge >= 0.3 is 0 Å². The van der Waals surface area contributed by atoms with E-state index in [0.29, 0.717) is 18.5 Å². The van der Waals surface area contributed by atoms with Crippen LogP contribution in [0.5, 0.6) is 0 Å². The van der Waals surface area contributed by atoms with Crippen LogP contribution in [0.25, 0.3) is 0 Å². The van der Waals surface area contributed by atoms with Gasteiger partial charge in [0.15, 0.2) is 0 Å². The summed E-state index contributed by atoms with van der Waals surface area (Å²) in [5, 5.41) is 9.03. The van der Waals surface area contributed by atoms with Crippen LogP contribution in [0, 0.1) is 0 Å². The number of hydrogen-bond donors (Lipinski definition) is 3. The summed E-state index contributed by atoms with van der Waals surface area (Å²) >= 11 is 0. The molecule has 0 bridgehead atoms. The number of fused-ring (bicyclic) bond motifs is 1. The second kappa shape index (κ2) is 8.42. The zero-order chi connectivity index (χ0) is 18.5. The number of nitrogens with zero attached hydrogens (tertiary/aromatic N) is 1. The number of amides is 3. The summed E-state index contributed by atoms with van der Waals surface area (Å²) in [7, 11) is 0. The predicted octanol–water partition coefficient (Wildman–Crippen LogP) is 0.537. The highest BCUT2D eigenvalue weighted by Crippen LogP contribution is 2.28. The fraction of sp³-hybridized carbons (Fsp3) is 0.526. The van der Waals surface area contributed by atoms with Crippen LogP contribution in [0.2, 0.25) is 0 Å². The zero-order valence-corrected chi connectivity index (χ0v) is 15.1. The minimum atomic E-state index is -0.555. The van der Waals surface area contributed by atoms with Crippen LogP contribution in [-0.4, -0.2) is 48.3 Å². The molecule has 1 saturated heterocycles. The van der Waals surface area contributed by atoms with E-state index in [0.717, 1.165) is 43.7 Å². The Hall–Kier alpha value is -2.25. The van der Waals surface area contributed by atoms with Gasteiger partial charge < -0.3 is 15.5 Å². The number of hydrogen-bond acceptors (Lipinski definition) is 5. The summed E-state index contributed by atoms with van der Waals surface area (Å²) in [6.45, 7) is 6.20. The average Bonchev–Trinajstić information content (AvgIpc) is 2.94. The first kappa shape index (κ1) is 18.5. The number of carbonyl (C=O) groups excluding carboxylic acids is 3. The molecule has 1 aromatic rings. The fourth-order valence-corrected chi connectivity index (χ4v) is 3.49. The van der Waals surface area contributed by atoms with Gasteiger partial charge in [-0.15, -0.1) is 0 Å². The number of nitrogens with one attached hydrogen (secondary N) is 3. The maximum absolute atomic E-state index is 12.6. The molecule has 2 aliphatic rings.